The van der Waals surface area contributed by atoms with Gasteiger partial charge in [0.1, 0.15) is 0 Å². The molecule has 6 nitrogen and oxygen atoms in total. The second-order valence-corrected chi connectivity index (χ2v) is 5.98. The molecular formula is C19H16ClN3O3. The average molecular weight is 370 g/mol. The number of nitrogens with zero attached hydrogens (tertiary/aromatic N) is 2. The van der Waals surface area contributed by atoms with Gasteiger partial charge in [-0.15, -0.1) is 0 Å². The molecule has 0 bridgehead atoms. The van der Waals surface area contributed by atoms with Crippen molar-refractivity contribution in [3.05, 3.63) is 65.4 Å². The van der Waals surface area contributed by atoms with Crippen LogP contribution in [-0.4, -0.2) is 27.9 Å². The van der Waals surface area contributed by atoms with Crippen molar-refractivity contribution >= 4 is 40.2 Å². The SMILES string of the molecule is CCC(OC(=O)c1cnc2ccccc2n1)C(=O)Nc1cccc(Cl)c1. The van der Waals surface area contributed by atoms with E-state index in [1.54, 1.807) is 49.4 Å². The fourth-order valence-electron chi connectivity index (χ4n) is 2.36. The van der Waals surface area contributed by atoms with Gasteiger partial charge in [-0.25, -0.2) is 9.78 Å². The highest BCUT2D eigenvalue weighted by molar-refractivity contribution is 6.30. The Balaban J connectivity index is 1.71. The fraction of sp³-hybridized carbons (Fsp3) is 0.158. The van der Waals surface area contributed by atoms with Crippen LogP contribution >= 0.6 is 11.6 Å². The molecule has 1 aromatic heterocycles. The number of esters is 1. The number of carbonyl (C=O) groups is 2. The van der Waals surface area contributed by atoms with Gasteiger partial charge in [0.05, 0.1) is 17.2 Å². The van der Waals surface area contributed by atoms with Crippen LogP contribution in [-0.2, 0) is 9.53 Å². The summed E-state index contributed by atoms with van der Waals surface area (Å²) in [7, 11) is 0. The Morgan fingerprint density at radius 2 is 1.92 bits per heavy atom. The van der Waals surface area contributed by atoms with E-state index in [0.29, 0.717) is 28.2 Å². The van der Waals surface area contributed by atoms with Crippen LogP contribution in [0.15, 0.2) is 54.7 Å². The summed E-state index contributed by atoms with van der Waals surface area (Å²) in [5.74, 6) is -1.13. The maximum absolute atomic E-state index is 12.4. The molecule has 0 aliphatic heterocycles. The Labute approximate surface area is 155 Å². The molecule has 1 unspecified atom stereocenters. The Kier molecular flexibility index (Phi) is 5.43. The van der Waals surface area contributed by atoms with Crippen molar-refractivity contribution in [2.45, 2.75) is 19.4 Å². The molecule has 1 amide bonds. The van der Waals surface area contributed by atoms with Crippen LogP contribution in [0.4, 0.5) is 5.69 Å². The van der Waals surface area contributed by atoms with E-state index in [1.165, 1.54) is 6.20 Å². The van der Waals surface area contributed by atoms with Crippen LogP contribution in [0.3, 0.4) is 0 Å². The van der Waals surface area contributed by atoms with Gasteiger partial charge in [-0.2, -0.15) is 0 Å². The van der Waals surface area contributed by atoms with Gasteiger partial charge in [-0.3, -0.25) is 9.78 Å². The number of ether oxygens (including phenoxy) is 1. The molecule has 0 saturated carbocycles. The lowest BCUT2D eigenvalue weighted by Gasteiger charge is -2.16. The molecule has 0 aliphatic carbocycles. The zero-order valence-corrected chi connectivity index (χ0v) is 14.7. The van der Waals surface area contributed by atoms with Crippen molar-refractivity contribution < 1.29 is 14.3 Å². The minimum Gasteiger partial charge on any atom is -0.447 e. The van der Waals surface area contributed by atoms with Crippen LogP contribution in [0.1, 0.15) is 23.8 Å². The molecule has 7 heteroatoms. The summed E-state index contributed by atoms with van der Waals surface area (Å²) in [6, 6.07) is 13.9. The summed E-state index contributed by atoms with van der Waals surface area (Å²) < 4.78 is 5.31. The van der Waals surface area contributed by atoms with Gasteiger partial charge < -0.3 is 10.1 Å². The summed E-state index contributed by atoms with van der Waals surface area (Å²) in [5.41, 5.74) is 1.84. The van der Waals surface area contributed by atoms with Crippen LogP contribution in [0.5, 0.6) is 0 Å². The topological polar surface area (TPSA) is 81.2 Å². The molecule has 2 aromatic carbocycles. The largest absolute Gasteiger partial charge is 0.447 e. The first-order valence-electron chi connectivity index (χ1n) is 8.06. The number of rotatable bonds is 5. The fourth-order valence-corrected chi connectivity index (χ4v) is 2.55. The van der Waals surface area contributed by atoms with Crippen molar-refractivity contribution in [3.63, 3.8) is 0 Å². The lowest BCUT2D eigenvalue weighted by atomic mass is 10.2. The molecule has 1 heterocycles. The molecule has 3 rings (SSSR count). The second-order valence-electron chi connectivity index (χ2n) is 5.55. The number of aromatic nitrogens is 2. The second kappa shape index (κ2) is 7.93. The van der Waals surface area contributed by atoms with Gasteiger partial charge in [0.25, 0.3) is 5.91 Å². The monoisotopic (exact) mass is 369 g/mol. The number of amides is 1. The first-order valence-corrected chi connectivity index (χ1v) is 8.44. The summed E-state index contributed by atoms with van der Waals surface area (Å²) in [6.45, 7) is 1.75. The molecule has 132 valence electrons. The van der Waals surface area contributed by atoms with Crippen molar-refractivity contribution in [1.82, 2.24) is 9.97 Å². The standard InChI is InChI=1S/C19H16ClN3O3/c1-2-17(18(24)22-13-7-5-6-12(20)10-13)26-19(25)16-11-21-14-8-3-4-9-15(14)23-16/h3-11,17H,2H2,1H3,(H,22,24). The first kappa shape index (κ1) is 17.8. The molecule has 26 heavy (non-hydrogen) atoms. The van der Waals surface area contributed by atoms with E-state index < -0.39 is 18.0 Å². The third kappa shape index (κ3) is 4.15. The first-order chi connectivity index (χ1) is 12.6. The predicted molar refractivity (Wildman–Crippen MR) is 99.1 cm³/mol. The lowest BCUT2D eigenvalue weighted by Crippen LogP contribution is -2.32. The summed E-state index contributed by atoms with van der Waals surface area (Å²) in [4.78, 5) is 33.1. The Bertz CT molecular complexity index is 961. The number of hydrogen-bond acceptors (Lipinski definition) is 5. The third-order valence-corrected chi connectivity index (χ3v) is 3.90. The zero-order chi connectivity index (χ0) is 18.5. The van der Waals surface area contributed by atoms with Crippen molar-refractivity contribution in [3.8, 4) is 0 Å². The van der Waals surface area contributed by atoms with Crippen molar-refractivity contribution in [2.24, 2.45) is 0 Å². The van der Waals surface area contributed by atoms with Crippen LogP contribution in [0.25, 0.3) is 11.0 Å². The molecule has 1 atom stereocenters. The minimum absolute atomic E-state index is 0.0534. The quantitative estimate of drug-likeness (QED) is 0.691. The Morgan fingerprint density at radius 3 is 2.65 bits per heavy atom. The molecule has 0 spiro atoms. The molecule has 0 aliphatic rings. The van der Waals surface area contributed by atoms with Crippen LogP contribution in [0, 0.1) is 0 Å². The van der Waals surface area contributed by atoms with E-state index in [2.05, 4.69) is 15.3 Å². The Hall–Kier alpha value is -2.99. The van der Waals surface area contributed by atoms with Crippen molar-refractivity contribution in [1.29, 1.82) is 0 Å². The molecule has 3 aromatic rings. The number of anilines is 1. The number of para-hydroxylation sites is 2. The van der Waals surface area contributed by atoms with Gasteiger partial charge in [-0.1, -0.05) is 36.7 Å². The molecule has 0 saturated heterocycles. The van der Waals surface area contributed by atoms with Crippen LogP contribution < -0.4 is 5.32 Å². The third-order valence-electron chi connectivity index (χ3n) is 3.66. The number of benzene rings is 2. The molecule has 0 radical (unpaired) electrons. The summed E-state index contributed by atoms with van der Waals surface area (Å²) >= 11 is 5.90. The Morgan fingerprint density at radius 1 is 1.15 bits per heavy atom. The minimum atomic E-state index is -0.949. The van der Waals surface area contributed by atoms with Crippen LogP contribution in [0.2, 0.25) is 5.02 Å². The van der Waals surface area contributed by atoms with E-state index in [1.807, 2.05) is 6.07 Å². The maximum Gasteiger partial charge on any atom is 0.359 e. The lowest BCUT2D eigenvalue weighted by molar-refractivity contribution is -0.124. The number of nitrogens with one attached hydrogen (secondary N) is 1. The van der Waals surface area contributed by atoms with Gasteiger partial charge in [0.15, 0.2) is 11.8 Å². The van der Waals surface area contributed by atoms with Gasteiger partial charge in [-0.05, 0) is 36.8 Å². The summed E-state index contributed by atoms with van der Waals surface area (Å²) in [5, 5.41) is 3.18. The molecular weight excluding hydrogens is 354 g/mol. The number of fused-ring (bicyclic) bond motifs is 1. The van der Waals surface area contributed by atoms with Crippen molar-refractivity contribution in [2.75, 3.05) is 5.32 Å². The van der Waals surface area contributed by atoms with E-state index in [4.69, 9.17) is 16.3 Å². The number of halogens is 1. The smallest absolute Gasteiger partial charge is 0.359 e. The van der Waals surface area contributed by atoms with Gasteiger partial charge in [0.2, 0.25) is 0 Å². The van der Waals surface area contributed by atoms with Gasteiger partial charge >= 0.3 is 5.97 Å². The highest BCUT2D eigenvalue weighted by Crippen LogP contribution is 2.16. The van der Waals surface area contributed by atoms with E-state index in [-0.39, 0.29) is 5.69 Å². The zero-order valence-electron chi connectivity index (χ0n) is 14.0. The average Bonchev–Trinajstić information content (AvgIpc) is 2.65. The number of hydrogen-bond donors (Lipinski definition) is 1. The summed E-state index contributed by atoms with van der Waals surface area (Å²) in [6.07, 6.45) is 0.709. The highest BCUT2D eigenvalue weighted by atomic mass is 35.5. The molecule has 0 fully saturated rings. The molecule has 1 N–H and O–H groups in total. The van der Waals surface area contributed by atoms with E-state index in [9.17, 15) is 9.59 Å². The van der Waals surface area contributed by atoms with Gasteiger partial charge in [0, 0.05) is 10.7 Å². The predicted octanol–water partition coefficient (Wildman–Crippen LogP) is 3.86. The van der Waals surface area contributed by atoms with E-state index >= 15 is 0 Å². The normalized spacial score (nSPS) is 11.8. The van der Waals surface area contributed by atoms with E-state index in [0.717, 1.165) is 0 Å². The highest BCUT2D eigenvalue weighted by Gasteiger charge is 2.23. The maximum atomic E-state index is 12.4. The number of carbonyl (C=O) groups excluding carboxylic acids is 2.